The molecule has 2 unspecified atom stereocenters. The zero-order valence-corrected chi connectivity index (χ0v) is 44.9. The molecular weight excluding hydrogens is 981 g/mol. The second kappa shape index (κ2) is 21.7. The molecule has 78 heavy (non-hydrogen) atoms. The van der Waals surface area contributed by atoms with E-state index in [9.17, 15) is 22.4 Å². The zero-order valence-electron chi connectivity index (χ0n) is 44.9. The number of nitrogens with one attached hydrogen (secondary N) is 1. The number of aryl methyl sites for hydroxylation is 1. The number of halogens is 4. The summed E-state index contributed by atoms with van der Waals surface area (Å²) in [6, 6.07) is 48.7. The molecule has 8 aromatic rings. The number of unbranched alkanes of at least 4 members (excludes halogenated alkanes) is 2. The van der Waals surface area contributed by atoms with Crippen molar-refractivity contribution in [3.8, 4) is 39.1 Å². The fourth-order valence-electron chi connectivity index (χ4n) is 12.3. The summed E-state index contributed by atoms with van der Waals surface area (Å²) in [5.74, 6) is 0.503. The Morgan fingerprint density at radius 1 is 0.679 bits per heavy atom. The number of anilines is 2. The summed E-state index contributed by atoms with van der Waals surface area (Å²) < 4.78 is 71.7. The van der Waals surface area contributed by atoms with Gasteiger partial charge in [0.15, 0.2) is 5.60 Å². The Hall–Kier alpha value is -7.49. The molecule has 1 saturated heterocycles. The SMILES string of the molecule is CCCCCC(CCC)CCc1ccc(-c2ccc(C(=O)Nc3ccc(-c4ccc5c(c4)-c4c(c6c(c7cc(C(F)(F)F)ccc47)OC(c4ccc(F)cc4)(c4ccc(N7CCOCC7)cc4)C=C6)C5(C)C)cc3)cc2)cc1. The van der Waals surface area contributed by atoms with Crippen LogP contribution in [0, 0.1) is 11.7 Å². The fraction of sp³-hybridized carbons (Fsp3) is 0.290. The van der Waals surface area contributed by atoms with Crippen LogP contribution in [-0.4, -0.2) is 32.2 Å². The lowest BCUT2D eigenvalue weighted by molar-refractivity contribution is -0.137. The summed E-state index contributed by atoms with van der Waals surface area (Å²) in [6.07, 6.45) is 9.44. The molecule has 0 bridgehead atoms. The average Bonchev–Trinajstić information content (AvgIpc) is 3.95. The van der Waals surface area contributed by atoms with Gasteiger partial charge in [0.2, 0.25) is 0 Å². The Morgan fingerprint density at radius 2 is 1.32 bits per heavy atom. The zero-order chi connectivity index (χ0) is 54.2. The second-order valence-electron chi connectivity index (χ2n) is 22.0. The number of benzene rings is 8. The number of carbonyl (C=O) groups is 1. The molecule has 8 aromatic carbocycles. The second-order valence-corrected chi connectivity index (χ2v) is 22.0. The van der Waals surface area contributed by atoms with Gasteiger partial charge in [-0.2, -0.15) is 13.2 Å². The highest BCUT2D eigenvalue weighted by Gasteiger charge is 2.45. The Morgan fingerprint density at radius 3 is 1.99 bits per heavy atom. The summed E-state index contributed by atoms with van der Waals surface area (Å²) in [5.41, 5.74) is 10.8. The van der Waals surface area contributed by atoms with Gasteiger partial charge < -0.3 is 19.7 Å². The molecule has 2 atom stereocenters. The number of morpholine rings is 1. The summed E-state index contributed by atoms with van der Waals surface area (Å²) in [5, 5.41) is 4.03. The van der Waals surface area contributed by atoms with Crippen LogP contribution in [0.25, 0.3) is 50.2 Å². The van der Waals surface area contributed by atoms with Gasteiger partial charge in [-0.25, -0.2) is 4.39 Å². The number of nitrogens with zero attached hydrogens (tertiary/aromatic N) is 1. The molecule has 11 rings (SSSR count). The number of alkyl halides is 3. The van der Waals surface area contributed by atoms with E-state index in [4.69, 9.17) is 9.47 Å². The summed E-state index contributed by atoms with van der Waals surface area (Å²) in [4.78, 5) is 15.8. The third-order valence-electron chi connectivity index (χ3n) is 16.6. The predicted molar refractivity (Wildman–Crippen MR) is 309 cm³/mol. The Kier molecular flexibility index (Phi) is 14.6. The number of amides is 1. The van der Waals surface area contributed by atoms with Crippen molar-refractivity contribution in [3.63, 3.8) is 0 Å². The van der Waals surface area contributed by atoms with E-state index in [0.717, 1.165) is 87.3 Å². The van der Waals surface area contributed by atoms with Crippen LogP contribution in [0.2, 0.25) is 0 Å². The van der Waals surface area contributed by atoms with Crippen molar-refractivity contribution in [2.24, 2.45) is 5.92 Å². The van der Waals surface area contributed by atoms with Crippen LogP contribution in [0.1, 0.15) is 122 Å². The van der Waals surface area contributed by atoms with Crippen LogP contribution in [-0.2, 0) is 28.4 Å². The van der Waals surface area contributed by atoms with Crippen molar-refractivity contribution in [2.75, 3.05) is 36.5 Å². The van der Waals surface area contributed by atoms with E-state index in [1.165, 1.54) is 68.7 Å². The molecule has 5 nitrogen and oxygen atoms in total. The molecule has 0 aromatic heterocycles. The Bertz CT molecular complexity index is 3490. The maximum absolute atomic E-state index is 14.8. The largest absolute Gasteiger partial charge is 0.472 e. The topological polar surface area (TPSA) is 50.8 Å². The van der Waals surface area contributed by atoms with Gasteiger partial charge >= 0.3 is 6.18 Å². The molecule has 0 radical (unpaired) electrons. The lowest BCUT2D eigenvalue weighted by atomic mass is 9.76. The Labute approximate surface area is 456 Å². The first-order chi connectivity index (χ1) is 37.7. The van der Waals surface area contributed by atoms with E-state index in [1.54, 1.807) is 18.2 Å². The van der Waals surface area contributed by atoms with Crippen molar-refractivity contribution >= 4 is 34.1 Å². The molecule has 3 aliphatic rings. The van der Waals surface area contributed by atoms with Gasteiger partial charge in [-0.15, -0.1) is 0 Å². The molecule has 0 saturated carbocycles. The standard InChI is InChI=1S/C69H66F4N2O3/c1-5-7-8-10-45(9-6-2)11-12-46-13-15-47(16-14-46)48-17-19-50(20-18-48)66(76)74-56-31-21-49(22-32-56)51-23-36-62-61(43-51)63-58-35-28-54(69(71,72)73)44-60(58)65-59(64(63)67(62,3)4)37-38-68(78-65,52-24-29-55(70)30-25-52)53-26-33-57(34-27-53)75-39-41-77-42-40-75/h13-38,43-45H,5-12,39-42H2,1-4H3,(H,74,76). The van der Waals surface area contributed by atoms with Crippen LogP contribution >= 0.6 is 0 Å². The maximum atomic E-state index is 14.8. The lowest BCUT2D eigenvalue weighted by Gasteiger charge is -2.39. The minimum atomic E-state index is -4.62. The molecule has 2 aliphatic heterocycles. The summed E-state index contributed by atoms with van der Waals surface area (Å²) in [7, 11) is 0. The normalized spacial score (nSPS) is 16.8. The van der Waals surface area contributed by atoms with Gasteiger partial charge in [0.1, 0.15) is 11.6 Å². The minimum Gasteiger partial charge on any atom is -0.472 e. The van der Waals surface area contributed by atoms with Crippen molar-refractivity contribution in [1.82, 2.24) is 0 Å². The van der Waals surface area contributed by atoms with Crippen molar-refractivity contribution in [1.29, 1.82) is 0 Å². The molecule has 398 valence electrons. The van der Waals surface area contributed by atoms with Gasteiger partial charge in [0.05, 0.1) is 18.8 Å². The molecule has 1 aliphatic carbocycles. The fourth-order valence-corrected chi connectivity index (χ4v) is 12.3. The minimum absolute atomic E-state index is 0.208. The average molecular weight is 1050 g/mol. The van der Waals surface area contributed by atoms with Crippen molar-refractivity contribution in [3.05, 3.63) is 214 Å². The quantitative estimate of drug-likeness (QED) is 0.0774. The highest BCUT2D eigenvalue weighted by atomic mass is 19.4. The number of fused-ring (bicyclic) bond motifs is 8. The number of rotatable bonds is 16. The summed E-state index contributed by atoms with van der Waals surface area (Å²) >= 11 is 0. The first kappa shape index (κ1) is 52.6. The van der Waals surface area contributed by atoms with E-state index >= 15 is 0 Å². The first-order valence-corrected chi connectivity index (χ1v) is 27.8. The molecule has 2 heterocycles. The number of ether oxygens (including phenoxy) is 2. The van der Waals surface area contributed by atoms with Crippen LogP contribution in [0.5, 0.6) is 5.75 Å². The summed E-state index contributed by atoms with van der Waals surface area (Å²) in [6.45, 7) is 11.6. The van der Waals surface area contributed by atoms with Gasteiger partial charge in [-0.05, 0) is 147 Å². The first-order valence-electron chi connectivity index (χ1n) is 27.8. The number of carbonyl (C=O) groups excluding carboxylic acids is 1. The predicted octanol–water partition coefficient (Wildman–Crippen LogP) is 18.0. The Balaban J connectivity index is 0.866. The smallest absolute Gasteiger partial charge is 0.416 e. The van der Waals surface area contributed by atoms with E-state index < -0.39 is 28.6 Å². The van der Waals surface area contributed by atoms with E-state index in [2.05, 4.69) is 80.4 Å². The number of hydrogen-bond donors (Lipinski definition) is 1. The van der Waals surface area contributed by atoms with Gasteiger partial charge in [-0.3, -0.25) is 4.79 Å². The lowest BCUT2D eigenvalue weighted by Crippen LogP contribution is -2.37. The number of hydrogen-bond acceptors (Lipinski definition) is 4. The highest BCUT2D eigenvalue weighted by molar-refractivity contribution is 6.09. The van der Waals surface area contributed by atoms with Crippen molar-refractivity contribution < 1.29 is 31.8 Å². The van der Waals surface area contributed by atoms with Crippen LogP contribution in [0.3, 0.4) is 0 Å². The molecular formula is C69H66F4N2O3. The molecule has 1 N–H and O–H groups in total. The third-order valence-corrected chi connectivity index (χ3v) is 16.6. The van der Waals surface area contributed by atoms with Gasteiger partial charge in [-0.1, -0.05) is 163 Å². The maximum Gasteiger partial charge on any atom is 0.416 e. The molecule has 1 fully saturated rings. The highest BCUT2D eigenvalue weighted by Crippen LogP contribution is 2.59. The van der Waals surface area contributed by atoms with E-state index in [1.807, 2.05) is 84.9 Å². The molecule has 9 heteroatoms. The van der Waals surface area contributed by atoms with Crippen LogP contribution in [0.15, 0.2) is 164 Å². The van der Waals surface area contributed by atoms with Gasteiger partial charge in [0.25, 0.3) is 5.91 Å². The van der Waals surface area contributed by atoms with E-state index in [-0.39, 0.29) is 5.91 Å². The van der Waals surface area contributed by atoms with Crippen molar-refractivity contribution in [2.45, 2.75) is 96.3 Å². The third kappa shape index (κ3) is 10.3. The van der Waals surface area contributed by atoms with E-state index in [0.29, 0.717) is 52.1 Å². The van der Waals surface area contributed by atoms with Crippen LogP contribution in [0.4, 0.5) is 28.9 Å². The monoisotopic (exact) mass is 1050 g/mol. The molecule has 0 spiro atoms. The van der Waals surface area contributed by atoms with Crippen LogP contribution < -0.4 is 15.0 Å². The molecule has 1 amide bonds. The van der Waals surface area contributed by atoms with Gasteiger partial charge in [0, 0.05) is 57.5 Å².